The Kier molecular flexibility index (Phi) is 4.29. The van der Waals surface area contributed by atoms with E-state index in [0.29, 0.717) is 22.4 Å². The van der Waals surface area contributed by atoms with Gasteiger partial charge < -0.3 is 4.84 Å². The van der Waals surface area contributed by atoms with Gasteiger partial charge in [0.25, 0.3) is 0 Å². The first-order valence-electron chi connectivity index (χ1n) is 5.93. The minimum absolute atomic E-state index is 0.0549. The van der Waals surface area contributed by atoms with E-state index in [1.165, 1.54) is 6.08 Å². The van der Waals surface area contributed by atoms with Crippen molar-refractivity contribution >= 4 is 33.4 Å². The van der Waals surface area contributed by atoms with Crippen molar-refractivity contribution in [2.24, 2.45) is 5.16 Å². The molecule has 4 nitrogen and oxygen atoms in total. The Morgan fingerprint density at radius 2 is 1.75 bits per heavy atom. The summed E-state index contributed by atoms with van der Waals surface area (Å²) in [4.78, 5) is 28.1. The molecular formula is C15H12BrNO3. The van der Waals surface area contributed by atoms with E-state index < -0.39 is 5.97 Å². The molecule has 0 fully saturated rings. The number of rotatable bonds is 2. The molecule has 1 aromatic rings. The van der Waals surface area contributed by atoms with Crippen LogP contribution < -0.4 is 0 Å². The molecule has 2 rings (SSSR count). The molecule has 0 unspecified atom stereocenters. The Morgan fingerprint density at radius 3 is 2.40 bits per heavy atom. The van der Waals surface area contributed by atoms with Crippen LogP contribution in [0.4, 0.5) is 0 Å². The molecule has 0 atom stereocenters. The number of halogens is 1. The SMILES string of the molecule is CC1=C/C(=N\OC(=O)c2ccc(Br)cc2)C(C)=CC1=O. The monoisotopic (exact) mass is 333 g/mol. The first kappa shape index (κ1) is 14.4. The molecule has 0 spiro atoms. The van der Waals surface area contributed by atoms with Crippen LogP contribution in [-0.2, 0) is 9.63 Å². The predicted octanol–water partition coefficient (Wildman–Crippen LogP) is 3.44. The molecule has 0 amide bonds. The van der Waals surface area contributed by atoms with Crippen molar-refractivity contribution in [2.45, 2.75) is 13.8 Å². The van der Waals surface area contributed by atoms with Crippen LogP contribution in [0.3, 0.4) is 0 Å². The van der Waals surface area contributed by atoms with Gasteiger partial charge in [0, 0.05) is 4.47 Å². The summed E-state index contributed by atoms with van der Waals surface area (Å²) in [6.45, 7) is 3.43. The molecule has 1 aromatic carbocycles. The minimum Gasteiger partial charge on any atom is -0.312 e. The molecule has 0 heterocycles. The van der Waals surface area contributed by atoms with Gasteiger partial charge in [-0.25, -0.2) is 4.79 Å². The highest BCUT2D eigenvalue weighted by Gasteiger charge is 2.14. The zero-order chi connectivity index (χ0) is 14.7. The summed E-state index contributed by atoms with van der Waals surface area (Å²) in [5.74, 6) is -0.596. The standard InChI is InChI=1S/C15H12BrNO3/c1-9-8-14(18)10(2)7-13(9)17-20-15(19)11-3-5-12(16)6-4-11/h3-8H,1-2H3/b17-13+. The average molecular weight is 334 g/mol. The summed E-state index contributed by atoms with van der Waals surface area (Å²) < 4.78 is 0.878. The van der Waals surface area contributed by atoms with Crippen LogP contribution >= 0.6 is 15.9 Å². The Hall–Kier alpha value is -2.01. The predicted molar refractivity (Wildman–Crippen MR) is 79.5 cm³/mol. The van der Waals surface area contributed by atoms with E-state index in [9.17, 15) is 9.59 Å². The van der Waals surface area contributed by atoms with Gasteiger partial charge in [-0.15, -0.1) is 0 Å². The van der Waals surface area contributed by atoms with Gasteiger partial charge in [0.1, 0.15) is 5.71 Å². The summed E-state index contributed by atoms with van der Waals surface area (Å²) in [5, 5.41) is 3.81. The lowest BCUT2D eigenvalue weighted by Crippen LogP contribution is -2.11. The summed E-state index contributed by atoms with van der Waals surface area (Å²) in [6.07, 6.45) is 3.08. The zero-order valence-electron chi connectivity index (χ0n) is 11.0. The molecule has 1 aliphatic carbocycles. The summed E-state index contributed by atoms with van der Waals surface area (Å²) in [6, 6.07) is 6.78. The second-order valence-electron chi connectivity index (χ2n) is 4.38. The Balaban J connectivity index is 2.13. The first-order valence-corrected chi connectivity index (χ1v) is 6.73. The number of ketones is 1. The third-order valence-electron chi connectivity index (χ3n) is 2.80. The fourth-order valence-corrected chi connectivity index (χ4v) is 1.87. The number of carbonyl (C=O) groups excluding carboxylic acids is 2. The molecule has 102 valence electrons. The molecular weight excluding hydrogens is 322 g/mol. The maximum atomic E-state index is 11.8. The molecule has 0 radical (unpaired) electrons. The maximum absolute atomic E-state index is 11.8. The van der Waals surface area contributed by atoms with Gasteiger partial charge in [-0.05, 0) is 61.4 Å². The van der Waals surface area contributed by atoms with Crippen molar-refractivity contribution in [1.29, 1.82) is 0 Å². The van der Waals surface area contributed by atoms with Gasteiger partial charge in [-0.1, -0.05) is 21.1 Å². The first-order chi connectivity index (χ1) is 9.47. The van der Waals surface area contributed by atoms with E-state index >= 15 is 0 Å². The Bertz CT molecular complexity index is 654. The molecule has 1 aliphatic rings. The molecule has 0 N–H and O–H groups in total. The lowest BCUT2D eigenvalue weighted by Gasteiger charge is -2.08. The van der Waals surface area contributed by atoms with E-state index in [0.717, 1.165) is 4.47 Å². The van der Waals surface area contributed by atoms with Gasteiger partial charge in [0.15, 0.2) is 5.78 Å². The van der Waals surface area contributed by atoms with Crippen LogP contribution in [0.5, 0.6) is 0 Å². The van der Waals surface area contributed by atoms with E-state index in [4.69, 9.17) is 4.84 Å². The summed E-state index contributed by atoms with van der Waals surface area (Å²) >= 11 is 3.29. The highest BCUT2D eigenvalue weighted by Crippen LogP contribution is 2.14. The quantitative estimate of drug-likeness (QED) is 0.473. The Morgan fingerprint density at radius 1 is 1.10 bits per heavy atom. The highest BCUT2D eigenvalue weighted by molar-refractivity contribution is 9.10. The van der Waals surface area contributed by atoms with Gasteiger partial charge in [0.2, 0.25) is 0 Å². The molecule has 0 saturated carbocycles. The molecule has 0 aliphatic heterocycles. The van der Waals surface area contributed by atoms with Crippen molar-refractivity contribution in [3.05, 3.63) is 57.6 Å². The van der Waals surface area contributed by atoms with Crippen LogP contribution in [0.2, 0.25) is 0 Å². The molecule has 0 aromatic heterocycles. The summed E-state index contributed by atoms with van der Waals surface area (Å²) in [7, 11) is 0. The zero-order valence-corrected chi connectivity index (χ0v) is 12.6. The largest absolute Gasteiger partial charge is 0.365 e. The number of hydrogen-bond donors (Lipinski definition) is 0. The molecule has 0 bridgehead atoms. The topological polar surface area (TPSA) is 55.7 Å². The third kappa shape index (κ3) is 3.30. The van der Waals surface area contributed by atoms with E-state index in [2.05, 4.69) is 21.1 Å². The highest BCUT2D eigenvalue weighted by atomic mass is 79.9. The molecule has 0 saturated heterocycles. The van der Waals surface area contributed by atoms with Crippen LogP contribution in [-0.4, -0.2) is 17.5 Å². The third-order valence-corrected chi connectivity index (χ3v) is 3.33. The summed E-state index contributed by atoms with van der Waals surface area (Å²) in [5.41, 5.74) is 2.12. The number of benzene rings is 1. The minimum atomic E-state index is -0.541. The van der Waals surface area contributed by atoms with Crippen LogP contribution in [0.1, 0.15) is 24.2 Å². The van der Waals surface area contributed by atoms with E-state index in [1.807, 2.05) is 0 Å². The van der Waals surface area contributed by atoms with Crippen LogP contribution in [0.25, 0.3) is 0 Å². The van der Waals surface area contributed by atoms with Gasteiger partial charge in [0.05, 0.1) is 5.56 Å². The smallest absolute Gasteiger partial charge is 0.312 e. The Labute approximate surface area is 124 Å². The van der Waals surface area contributed by atoms with Gasteiger partial charge in [-0.2, -0.15) is 0 Å². The fourth-order valence-electron chi connectivity index (χ4n) is 1.60. The van der Waals surface area contributed by atoms with Gasteiger partial charge in [-0.3, -0.25) is 4.79 Å². The van der Waals surface area contributed by atoms with Crippen LogP contribution in [0.15, 0.2) is 57.2 Å². The number of carbonyl (C=O) groups is 2. The normalized spacial score (nSPS) is 16.8. The van der Waals surface area contributed by atoms with Crippen molar-refractivity contribution in [3.63, 3.8) is 0 Å². The van der Waals surface area contributed by atoms with E-state index in [-0.39, 0.29) is 5.78 Å². The lowest BCUT2D eigenvalue weighted by atomic mass is 9.99. The number of allylic oxidation sites excluding steroid dienone is 4. The molecule has 20 heavy (non-hydrogen) atoms. The molecule has 5 heteroatoms. The average Bonchev–Trinajstić information content (AvgIpc) is 2.42. The van der Waals surface area contributed by atoms with Crippen molar-refractivity contribution in [1.82, 2.24) is 0 Å². The number of nitrogens with zero attached hydrogens (tertiary/aromatic N) is 1. The van der Waals surface area contributed by atoms with Crippen LogP contribution in [0, 0.1) is 0 Å². The van der Waals surface area contributed by atoms with Gasteiger partial charge >= 0.3 is 5.97 Å². The second-order valence-corrected chi connectivity index (χ2v) is 5.30. The van der Waals surface area contributed by atoms with Crippen molar-refractivity contribution in [2.75, 3.05) is 0 Å². The fraction of sp³-hybridized carbons (Fsp3) is 0.133. The van der Waals surface area contributed by atoms with Crippen molar-refractivity contribution < 1.29 is 14.4 Å². The lowest BCUT2D eigenvalue weighted by molar-refractivity contribution is -0.111. The number of oxime groups is 1. The van der Waals surface area contributed by atoms with E-state index in [1.54, 1.807) is 44.2 Å². The second kappa shape index (κ2) is 5.96. The van der Waals surface area contributed by atoms with Crippen molar-refractivity contribution in [3.8, 4) is 0 Å². The maximum Gasteiger partial charge on any atom is 0.365 e. The number of hydrogen-bond acceptors (Lipinski definition) is 4.